The molecule has 226 valence electrons. The van der Waals surface area contributed by atoms with E-state index in [0.717, 1.165) is 0 Å². The zero-order valence-corrected chi connectivity index (χ0v) is 24.1. The lowest BCUT2D eigenvalue weighted by atomic mass is 9.95. The van der Waals surface area contributed by atoms with Gasteiger partial charge in [-0.25, -0.2) is 14.4 Å². The van der Waals surface area contributed by atoms with Crippen LogP contribution in [-0.4, -0.2) is 60.9 Å². The largest absolute Gasteiger partial charge is 0.490 e. The molecule has 2 amide bonds. The predicted octanol–water partition coefficient (Wildman–Crippen LogP) is 3.82. The van der Waals surface area contributed by atoms with Crippen LogP contribution in [0.15, 0.2) is 69.3 Å². The van der Waals surface area contributed by atoms with Crippen molar-refractivity contribution in [3.05, 3.63) is 81.7 Å². The number of carbonyl (C=O) groups is 3. The molecule has 5 N–H and O–H groups in total. The van der Waals surface area contributed by atoms with E-state index in [1.807, 2.05) is 0 Å². The number of hydrogen-bond acceptors (Lipinski definition) is 10. The summed E-state index contributed by atoms with van der Waals surface area (Å²) in [6, 6.07) is 11.4. The average molecular weight is 613 g/mol. The molecule has 0 bridgehead atoms. The molecule has 2 heterocycles. The highest BCUT2D eigenvalue weighted by Gasteiger charge is 2.32. The van der Waals surface area contributed by atoms with Crippen molar-refractivity contribution in [3.8, 4) is 22.8 Å². The molecule has 0 saturated heterocycles. The molecule has 4 rings (SSSR count). The zero-order valence-electron chi connectivity index (χ0n) is 23.3. The fourth-order valence-corrected chi connectivity index (χ4v) is 4.43. The number of carboxylic acids is 1. The Labute approximate surface area is 251 Å². The maximum atomic E-state index is 12.4. The quantitative estimate of drug-likeness (QED) is 0.0873. The smallest absolute Gasteiger partial charge is 0.337 e. The van der Waals surface area contributed by atoms with Gasteiger partial charge in [0.15, 0.2) is 17.7 Å². The van der Waals surface area contributed by atoms with Crippen LogP contribution in [0.5, 0.6) is 11.5 Å². The third-order valence-electron chi connectivity index (χ3n) is 6.20. The van der Waals surface area contributed by atoms with E-state index in [9.17, 15) is 24.6 Å². The van der Waals surface area contributed by atoms with E-state index < -0.39 is 30.2 Å². The maximum Gasteiger partial charge on any atom is 0.337 e. The number of allylic oxidation sites excluding steroid dienone is 1. The monoisotopic (exact) mass is 612 g/mol. The van der Waals surface area contributed by atoms with Crippen molar-refractivity contribution in [2.45, 2.75) is 26.1 Å². The molecule has 43 heavy (non-hydrogen) atoms. The third kappa shape index (κ3) is 7.45. The van der Waals surface area contributed by atoms with Crippen molar-refractivity contribution < 1.29 is 43.2 Å². The second-order valence-electron chi connectivity index (χ2n) is 9.12. The van der Waals surface area contributed by atoms with Crippen molar-refractivity contribution in [2.75, 3.05) is 20.3 Å². The molecule has 0 unspecified atom stereocenters. The number of rotatable bonds is 12. The van der Waals surface area contributed by atoms with Crippen molar-refractivity contribution >= 4 is 35.8 Å². The van der Waals surface area contributed by atoms with Crippen molar-refractivity contribution in [1.82, 2.24) is 16.1 Å². The fourth-order valence-electron chi connectivity index (χ4n) is 4.23. The van der Waals surface area contributed by atoms with Gasteiger partial charge in [0.25, 0.3) is 0 Å². The molecule has 1 aromatic heterocycles. The molecule has 2 aromatic carbocycles. The molecule has 1 aliphatic heterocycles. The second-order valence-corrected chi connectivity index (χ2v) is 9.52. The van der Waals surface area contributed by atoms with Crippen LogP contribution in [0, 0.1) is 0 Å². The summed E-state index contributed by atoms with van der Waals surface area (Å²) in [5.74, 6) is -0.342. The number of aliphatic hydroxyl groups excluding tert-OH is 1. The first-order valence-electron chi connectivity index (χ1n) is 13.0. The first-order chi connectivity index (χ1) is 20.6. The van der Waals surface area contributed by atoms with Crippen LogP contribution in [0.4, 0.5) is 4.79 Å². The number of carboxylic acid groups (broad SMARTS) is 1. The predicted molar refractivity (Wildman–Crippen MR) is 155 cm³/mol. The highest BCUT2D eigenvalue weighted by Crippen LogP contribution is 2.35. The molecule has 3 aromatic rings. The van der Waals surface area contributed by atoms with Gasteiger partial charge in [0.2, 0.25) is 0 Å². The Morgan fingerprint density at radius 1 is 1.16 bits per heavy atom. The lowest BCUT2D eigenvalue weighted by Gasteiger charge is -2.28. The number of aliphatic hydroxyl groups is 1. The minimum atomic E-state index is -1.21. The molecule has 0 fully saturated rings. The van der Waals surface area contributed by atoms with Crippen LogP contribution in [0.3, 0.4) is 0 Å². The number of furan rings is 1. The Kier molecular flexibility index (Phi) is 9.91. The van der Waals surface area contributed by atoms with Crippen LogP contribution < -0.4 is 25.5 Å². The summed E-state index contributed by atoms with van der Waals surface area (Å²) < 4.78 is 22.0. The standard InChI is InChI=1S/C29H29ClN4O9/c1-4-41-23-12-17(26-25(28(38)40-3)15(2)32-29(39)33-26)6-9-22(23)42-14-24(35)34-31-13-18-7-10-21(43-18)16-5-8-20(30)19(11-16)27(36)37/h5-13,24,26,34-35H,4,14H2,1-3H3,(H,36,37)(H2,32,33,39)/b31-13+/t24-,26+/m1/s1. The van der Waals surface area contributed by atoms with Gasteiger partial charge in [-0.15, -0.1) is 0 Å². The van der Waals surface area contributed by atoms with Crippen molar-refractivity contribution in [2.24, 2.45) is 5.10 Å². The summed E-state index contributed by atoms with van der Waals surface area (Å²) in [4.78, 5) is 35.9. The van der Waals surface area contributed by atoms with Gasteiger partial charge in [-0.1, -0.05) is 17.7 Å². The molecule has 1 aliphatic rings. The zero-order chi connectivity index (χ0) is 31.1. The third-order valence-corrected chi connectivity index (χ3v) is 6.53. The van der Waals surface area contributed by atoms with E-state index in [4.69, 9.17) is 30.2 Å². The number of urea groups is 1. The number of nitrogens with zero attached hydrogens (tertiary/aromatic N) is 1. The van der Waals surface area contributed by atoms with Crippen LogP contribution >= 0.6 is 11.6 Å². The highest BCUT2D eigenvalue weighted by molar-refractivity contribution is 6.33. The van der Waals surface area contributed by atoms with E-state index >= 15 is 0 Å². The summed E-state index contributed by atoms with van der Waals surface area (Å²) in [5, 5.41) is 29.0. The van der Waals surface area contributed by atoms with Gasteiger partial charge < -0.3 is 39.5 Å². The fraction of sp³-hybridized carbons (Fsp3) is 0.241. The number of ether oxygens (including phenoxy) is 3. The number of nitrogens with one attached hydrogen (secondary N) is 3. The van der Waals surface area contributed by atoms with Crippen LogP contribution in [-0.2, 0) is 9.53 Å². The summed E-state index contributed by atoms with van der Waals surface area (Å²) in [6.07, 6.45) is 0.123. The van der Waals surface area contributed by atoms with Crippen molar-refractivity contribution in [1.29, 1.82) is 0 Å². The Hall–Kier alpha value is -5.01. The average Bonchev–Trinajstić information content (AvgIpc) is 3.45. The van der Waals surface area contributed by atoms with Crippen LogP contribution in [0.2, 0.25) is 5.02 Å². The van der Waals surface area contributed by atoms with E-state index in [1.54, 1.807) is 50.2 Å². The van der Waals surface area contributed by atoms with E-state index in [1.165, 1.54) is 25.5 Å². The van der Waals surface area contributed by atoms with Gasteiger partial charge >= 0.3 is 18.0 Å². The second kappa shape index (κ2) is 13.8. The molecule has 13 nitrogen and oxygen atoms in total. The Bertz CT molecular complexity index is 1580. The molecule has 0 aliphatic carbocycles. The number of carbonyl (C=O) groups excluding carboxylic acids is 2. The van der Waals surface area contributed by atoms with Gasteiger partial charge in [-0.05, 0) is 61.9 Å². The van der Waals surface area contributed by atoms with E-state index in [0.29, 0.717) is 46.5 Å². The molecule has 14 heteroatoms. The number of halogens is 1. The Morgan fingerprint density at radius 3 is 2.67 bits per heavy atom. The van der Waals surface area contributed by atoms with Gasteiger partial charge in [0.1, 0.15) is 18.1 Å². The number of hydrogen-bond donors (Lipinski definition) is 5. The Morgan fingerprint density at radius 2 is 1.95 bits per heavy atom. The molecule has 0 saturated carbocycles. The van der Waals surface area contributed by atoms with Gasteiger partial charge in [-0.2, -0.15) is 5.10 Å². The molecule has 0 spiro atoms. The summed E-state index contributed by atoms with van der Waals surface area (Å²) in [5.41, 5.74) is 4.18. The molecule has 0 radical (unpaired) electrons. The topological polar surface area (TPSA) is 181 Å². The van der Waals surface area contributed by atoms with Crippen LogP contribution in [0.25, 0.3) is 11.3 Å². The number of esters is 1. The lowest BCUT2D eigenvalue weighted by molar-refractivity contribution is -0.136. The van der Waals surface area contributed by atoms with Gasteiger partial charge in [0.05, 0.1) is 42.1 Å². The number of aromatic carboxylic acids is 1. The minimum Gasteiger partial charge on any atom is -0.490 e. The SMILES string of the molecule is CCOc1cc([C@@H]2NC(=O)NC(C)=C2C(=O)OC)ccc1OC[C@@H](O)N/N=C/c1ccc(-c2ccc(Cl)c(C(=O)O)c2)o1. The molecular weight excluding hydrogens is 584 g/mol. The Balaban J connectivity index is 1.39. The van der Waals surface area contributed by atoms with E-state index in [-0.39, 0.29) is 22.8 Å². The number of amides is 2. The van der Waals surface area contributed by atoms with Gasteiger partial charge in [0, 0.05) is 11.3 Å². The molecule has 2 atom stereocenters. The summed E-state index contributed by atoms with van der Waals surface area (Å²) in [6.45, 7) is 3.49. The lowest BCUT2D eigenvalue weighted by Crippen LogP contribution is -2.45. The number of benzene rings is 2. The first kappa shape index (κ1) is 30.9. The highest BCUT2D eigenvalue weighted by atomic mass is 35.5. The molecular formula is C29H29ClN4O9. The van der Waals surface area contributed by atoms with Crippen LogP contribution in [0.1, 0.15) is 41.6 Å². The first-order valence-corrected chi connectivity index (χ1v) is 13.3. The van der Waals surface area contributed by atoms with Gasteiger partial charge in [-0.3, -0.25) is 5.43 Å². The normalized spacial score (nSPS) is 15.5. The summed E-state index contributed by atoms with van der Waals surface area (Å²) >= 11 is 5.93. The number of hydrazone groups is 1. The summed E-state index contributed by atoms with van der Waals surface area (Å²) in [7, 11) is 1.26. The van der Waals surface area contributed by atoms with E-state index in [2.05, 4.69) is 21.2 Å². The minimum absolute atomic E-state index is 0.0476. The number of methoxy groups -OCH3 is 1. The maximum absolute atomic E-state index is 12.4. The van der Waals surface area contributed by atoms with Crippen molar-refractivity contribution in [3.63, 3.8) is 0 Å².